The van der Waals surface area contributed by atoms with Crippen LogP contribution in [0.15, 0.2) is 42.5 Å². The highest BCUT2D eigenvalue weighted by Gasteiger charge is 2.23. The molecule has 1 amide bonds. The predicted octanol–water partition coefficient (Wildman–Crippen LogP) is 2.89. The Morgan fingerprint density at radius 1 is 1.17 bits per heavy atom. The first-order valence-electron chi connectivity index (χ1n) is 9.21. The van der Waals surface area contributed by atoms with Crippen molar-refractivity contribution in [3.63, 3.8) is 0 Å². The lowest BCUT2D eigenvalue weighted by Crippen LogP contribution is -2.38. The Balaban J connectivity index is 1.71. The highest BCUT2D eigenvalue weighted by atomic mass is 35.5. The van der Waals surface area contributed by atoms with Crippen LogP contribution in [0.25, 0.3) is 0 Å². The summed E-state index contributed by atoms with van der Waals surface area (Å²) in [6.45, 7) is 4.43. The Labute approximate surface area is 176 Å². The Morgan fingerprint density at radius 3 is 2.45 bits per heavy atom. The van der Waals surface area contributed by atoms with E-state index in [0.717, 1.165) is 29.3 Å². The van der Waals surface area contributed by atoms with Crippen molar-refractivity contribution in [2.45, 2.75) is 6.92 Å². The number of sulfonamides is 1. The normalized spacial score (nSPS) is 14.5. The van der Waals surface area contributed by atoms with Crippen molar-refractivity contribution in [3.05, 3.63) is 53.1 Å². The molecule has 0 bridgehead atoms. The summed E-state index contributed by atoms with van der Waals surface area (Å²) in [6, 6.07) is 12.4. The highest BCUT2D eigenvalue weighted by molar-refractivity contribution is 7.92. The van der Waals surface area contributed by atoms with Gasteiger partial charge in [-0.1, -0.05) is 17.7 Å². The van der Waals surface area contributed by atoms with Crippen molar-refractivity contribution in [3.8, 4) is 0 Å². The van der Waals surface area contributed by atoms with E-state index in [2.05, 4.69) is 10.2 Å². The molecule has 1 heterocycles. The molecular formula is C20H24ClN3O4S. The second-order valence-electron chi connectivity index (χ2n) is 6.85. The summed E-state index contributed by atoms with van der Waals surface area (Å²) in [6.07, 6.45) is 1.07. The van der Waals surface area contributed by atoms with E-state index >= 15 is 0 Å². The maximum absolute atomic E-state index is 12.5. The molecule has 0 aliphatic carbocycles. The van der Waals surface area contributed by atoms with E-state index in [4.69, 9.17) is 16.3 Å². The van der Waals surface area contributed by atoms with Crippen LogP contribution in [-0.2, 0) is 19.6 Å². The number of benzene rings is 2. The molecule has 1 N–H and O–H groups in total. The number of ether oxygens (including phenoxy) is 1. The van der Waals surface area contributed by atoms with Crippen LogP contribution in [0.5, 0.6) is 0 Å². The highest BCUT2D eigenvalue weighted by Crippen LogP contribution is 2.28. The van der Waals surface area contributed by atoms with Crippen LogP contribution in [0.1, 0.15) is 5.56 Å². The van der Waals surface area contributed by atoms with Crippen LogP contribution in [0.2, 0.25) is 5.02 Å². The number of morpholine rings is 1. The molecule has 0 saturated carbocycles. The number of hydrogen-bond donors (Lipinski definition) is 1. The van der Waals surface area contributed by atoms with Crippen molar-refractivity contribution in [1.82, 2.24) is 0 Å². The largest absolute Gasteiger partial charge is 0.378 e. The van der Waals surface area contributed by atoms with Gasteiger partial charge in [0.15, 0.2) is 0 Å². The van der Waals surface area contributed by atoms with E-state index in [1.54, 1.807) is 37.3 Å². The third-order valence-corrected chi connectivity index (χ3v) is 6.26. The average Bonchev–Trinajstić information content (AvgIpc) is 2.69. The summed E-state index contributed by atoms with van der Waals surface area (Å²) in [5.74, 6) is -0.436. The second-order valence-corrected chi connectivity index (χ2v) is 9.16. The monoisotopic (exact) mass is 437 g/mol. The molecule has 9 heteroatoms. The van der Waals surface area contributed by atoms with Gasteiger partial charge in [-0.25, -0.2) is 8.42 Å². The summed E-state index contributed by atoms with van der Waals surface area (Å²) in [7, 11) is -3.67. The van der Waals surface area contributed by atoms with Gasteiger partial charge in [-0.05, 0) is 48.9 Å². The topological polar surface area (TPSA) is 79.0 Å². The van der Waals surface area contributed by atoms with Crippen LogP contribution >= 0.6 is 11.6 Å². The molecule has 1 fully saturated rings. The number of anilines is 3. The van der Waals surface area contributed by atoms with Gasteiger partial charge in [0.05, 0.1) is 25.2 Å². The lowest BCUT2D eigenvalue weighted by Gasteiger charge is -2.29. The summed E-state index contributed by atoms with van der Waals surface area (Å²) in [5.41, 5.74) is 2.64. The van der Waals surface area contributed by atoms with Gasteiger partial charge in [0, 0.05) is 29.5 Å². The van der Waals surface area contributed by atoms with Gasteiger partial charge in [0.25, 0.3) is 0 Å². The second kappa shape index (κ2) is 9.02. The zero-order valence-corrected chi connectivity index (χ0v) is 18.0. The number of nitrogens with zero attached hydrogens (tertiary/aromatic N) is 2. The summed E-state index contributed by atoms with van der Waals surface area (Å²) in [5, 5.41) is 3.20. The molecule has 0 aromatic heterocycles. The zero-order valence-electron chi connectivity index (χ0n) is 16.4. The van der Waals surface area contributed by atoms with E-state index in [-0.39, 0.29) is 6.54 Å². The number of amides is 1. The van der Waals surface area contributed by atoms with Crippen molar-refractivity contribution in [2.24, 2.45) is 0 Å². The minimum Gasteiger partial charge on any atom is -0.378 e. The standard InChI is InChI=1S/C20H24ClN3O4S/c1-15-18(21)4-3-5-19(15)24(29(2,26)27)14-20(25)22-16-6-8-17(9-7-16)23-10-12-28-13-11-23/h3-9H,10-14H2,1-2H3,(H,22,25). The minimum atomic E-state index is -3.67. The van der Waals surface area contributed by atoms with Gasteiger partial charge >= 0.3 is 0 Å². The zero-order chi connectivity index (χ0) is 21.0. The molecule has 0 unspecified atom stereocenters. The summed E-state index contributed by atoms with van der Waals surface area (Å²) in [4.78, 5) is 14.8. The number of carbonyl (C=O) groups is 1. The fraction of sp³-hybridized carbons (Fsp3) is 0.350. The molecule has 1 saturated heterocycles. The van der Waals surface area contributed by atoms with Crippen molar-refractivity contribution < 1.29 is 17.9 Å². The maximum atomic E-state index is 12.5. The SMILES string of the molecule is Cc1c(Cl)cccc1N(CC(=O)Nc1ccc(N2CCOCC2)cc1)S(C)(=O)=O. The Morgan fingerprint density at radius 2 is 1.83 bits per heavy atom. The third kappa shape index (κ3) is 5.41. The van der Waals surface area contributed by atoms with Gasteiger partial charge in [-0.2, -0.15) is 0 Å². The first-order valence-corrected chi connectivity index (χ1v) is 11.4. The molecule has 156 valence electrons. The molecule has 7 nitrogen and oxygen atoms in total. The fourth-order valence-corrected chi connectivity index (χ4v) is 4.23. The van der Waals surface area contributed by atoms with Crippen molar-refractivity contribution in [2.75, 3.05) is 53.6 Å². The van der Waals surface area contributed by atoms with Gasteiger partial charge in [-0.3, -0.25) is 9.10 Å². The molecule has 1 aliphatic rings. The van der Waals surface area contributed by atoms with Crippen LogP contribution in [0, 0.1) is 6.92 Å². The van der Waals surface area contributed by atoms with E-state index in [1.807, 2.05) is 12.1 Å². The van der Waals surface area contributed by atoms with Crippen LogP contribution in [0.3, 0.4) is 0 Å². The van der Waals surface area contributed by atoms with Gasteiger partial charge in [-0.15, -0.1) is 0 Å². The molecule has 1 aliphatic heterocycles. The molecular weight excluding hydrogens is 414 g/mol. The number of halogens is 1. The maximum Gasteiger partial charge on any atom is 0.245 e. The molecule has 29 heavy (non-hydrogen) atoms. The van der Waals surface area contributed by atoms with E-state index in [0.29, 0.717) is 35.2 Å². The first kappa shape index (κ1) is 21.4. The lowest BCUT2D eigenvalue weighted by molar-refractivity contribution is -0.114. The summed E-state index contributed by atoms with van der Waals surface area (Å²) < 4.78 is 31.0. The number of hydrogen-bond acceptors (Lipinski definition) is 5. The van der Waals surface area contributed by atoms with Crippen LogP contribution in [0.4, 0.5) is 17.1 Å². The third-order valence-electron chi connectivity index (χ3n) is 4.72. The van der Waals surface area contributed by atoms with Crippen molar-refractivity contribution in [1.29, 1.82) is 0 Å². The Bertz CT molecular complexity index is 974. The smallest absolute Gasteiger partial charge is 0.245 e. The molecule has 0 spiro atoms. The van der Waals surface area contributed by atoms with Gasteiger partial charge < -0.3 is 15.0 Å². The molecule has 3 rings (SSSR count). The lowest BCUT2D eigenvalue weighted by atomic mass is 10.2. The first-order chi connectivity index (χ1) is 13.8. The fourth-order valence-electron chi connectivity index (χ4n) is 3.16. The number of carbonyl (C=O) groups excluding carboxylic acids is 1. The van der Waals surface area contributed by atoms with E-state index < -0.39 is 15.9 Å². The van der Waals surface area contributed by atoms with Crippen molar-refractivity contribution >= 4 is 44.6 Å². The molecule has 2 aromatic carbocycles. The van der Waals surface area contributed by atoms with E-state index in [9.17, 15) is 13.2 Å². The number of nitrogens with one attached hydrogen (secondary N) is 1. The Kier molecular flexibility index (Phi) is 6.66. The predicted molar refractivity (Wildman–Crippen MR) is 116 cm³/mol. The van der Waals surface area contributed by atoms with Crippen LogP contribution < -0.4 is 14.5 Å². The number of rotatable bonds is 6. The molecule has 0 atom stereocenters. The summed E-state index contributed by atoms with van der Waals surface area (Å²) >= 11 is 6.12. The average molecular weight is 438 g/mol. The molecule has 0 radical (unpaired) electrons. The Hall–Kier alpha value is -2.29. The van der Waals surface area contributed by atoms with E-state index in [1.165, 1.54) is 0 Å². The quantitative estimate of drug-likeness (QED) is 0.751. The van der Waals surface area contributed by atoms with Crippen LogP contribution in [-0.4, -0.2) is 53.4 Å². The molecule has 2 aromatic rings. The minimum absolute atomic E-state index is 0.342. The van der Waals surface area contributed by atoms with Gasteiger partial charge in [0.2, 0.25) is 15.9 Å². The van der Waals surface area contributed by atoms with Gasteiger partial charge in [0.1, 0.15) is 6.54 Å².